The molecule has 1 N–H and O–H groups in total. The number of nitrogens with zero attached hydrogens (tertiary/aromatic N) is 3. The van der Waals surface area contributed by atoms with Gasteiger partial charge < -0.3 is 19.4 Å². The van der Waals surface area contributed by atoms with Gasteiger partial charge in [0.15, 0.2) is 11.6 Å². The average Bonchev–Trinajstić information content (AvgIpc) is 2.95. The fourth-order valence-corrected chi connectivity index (χ4v) is 2.11. The topological polar surface area (TPSA) is 78.3 Å². The third-order valence-electron chi connectivity index (χ3n) is 3.20. The maximum atomic E-state index is 11.7. The summed E-state index contributed by atoms with van der Waals surface area (Å²) in [6.45, 7) is 2.35. The average molecular weight is 288 g/mol. The van der Waals surface area contributed by atoms with Crippen LogP contribution in [0.4, 0.5) is 4.79 Å². The first-order valence-electron chi connectivity index (χ1n) is 6.76. The van der Waals surface area contributed by atoms with E-state index in [1.807, 2.05) is 34.9 Å². The van der Waals surface area contributed by atoms with Crippen molar-refractivity contribution in [1.82, 2.24) is 20.1 Å². The second kappa shape index (κ2) is 6.36. The van der Waals surface area contributed by atoms with Crippen LogP contribution in [-0.4, -0.2) is 27.5 Å². The van der Waals surface area contributed by atoms with Crippen molar-refractivity contribution in [2.75, 3.05) is 6.61 Å². The number of carbonyl (C=O) groups excluding carboxylic acids is 1. The number of fused-ring (bicyclic) bond motifs is 1. The number of alkyl carbamates (subject to hydrolysis) is 1. The molecule has 0 unspecified atom stereocenters. The van der Waals surface area contributed by atoms with E-state index < -0.39 is 6.09 Å². The van der Waals surface area contributed by atoms with Crippen molar-refractivity contribution in [1.29, 1.82) is 0 Å². The molecule has 0 saturated carbocycles. The highest BCUT2D eigenvalue weighted by Crippen LogP contribution is 2.09. The van der Waals surface area contributed by atoms with Crippen molar-refractivity contribution in [3.63, 3.8) is 0 Å². The van der Waals surface area contributed by atoms with Gasteiger partial charge in [-0.2, -0.15) is 0 Å². The number of ether oxygens (including phenoxy) is 2. The van der Waals surface area contributed by atoms with Crippen molar-refractivity contribution >= 4 is 6.09 Å². The molecular formula is C14H16N4O3. The van der Waals surface area contributed by atoms with Crippen molar-refractivity contribution in [3.8, 4) is 0 Å². The maximum absolute atomic E-state index is 11.7. The summed E-state index contributed by atoms with van der Waals surface area (Å²) < 4.78 is 12.4. The highest BCUT2D eigenvalue weighted by Gasteiger charge is 2.16. The van der Waals surface area contributed by atoms with E-state index in [2.05, 4.69) is 15.5 Å². The minimum Gasteiger partial charge on any atom is -0.445 e. The molecule has 110 valence electrons. The maximum Gasteiger partial charge on any atom is 0.407 e. The lowest BCUT2D eigenvalue weighted by molar-refractivity contribution is 0.0804. The highest BCUT2D eigenvalue weighted by atomic mass is 16.5. The molecule has 0 bridgehead atoms. The Labute approximate surface area is 121 Å². The summed E-state index contributed by atoms with van der Waals surface area (Å²) >= 11 is 0. The molecule has 0 atom stereocenters. The zero-order valence-corrected chi connectivity index (χ0v) is 11.5. The molecule has 1 aliphatic heterocycles. The van der Waals surface area contributed by atoms with Crippen LogP contribution in [-0.2, 0) is 35.8 Å². The van der Waals surface area contributed by atoms with Crippen molar-refractivity contribution in [2.24, 2.45) is 0 Å². The Bertz CT molecular complexity index is 612. The molecule has 0 aliphatic carbocycles. The predicted molar refractivity (Wildman–Crippen MR) is 73.1 cm³/mol. The summed E-state index contributed by atoms with van der Waals surface area (Å²) in [5, 5.41) is 10.8. The minimum atomic E-state index is -0.469. The lowest BCUT2D eigenvalue weighted by Crippen LogP contribution is -2.27. The van der Waals surface area contributed by atoms with Crippen LogP contribution in [0.2, 0.25) is 0 Å². The number of nitrogens with one attached hydrogen (secondary N) is 1. The van der Waals surface area contributed by atoms with Gasteiger partial charge in [0, 0.05) is 6.54 Å². The van der Waals surface area contributed by atoms with Crippen LogP contribution in [0.1, 0.15) is 17.2 Å². The second-order valence-corrected chi connectivity index (χ2v) is 4.65. The SMILES string of the molecule is O=C(NCc1nnc2n1CCOC2)OCc1ccccc1. The third-order valence-corrected chi connectivity index (χ3v) is 3.20. The zero-order chi connectivity index (χ0) is 14.5. The first-order chi connectivity index (χ1) is 10.3. The van der Waals surface area contributed by atoms with E-state index in [1.165, 1.54) is 0 Å². The van der Waals surface area contributed by atoms with Crippen LogP contribution in [0.25, 0.3) is 0 Å². The minimum absolute atomic E-state index is 0.248. The Morgan fingerprint density at radius 1 is 1.33 bits per heavy atom. The van der Waals surface area contributed by atoms with E-state index in [9.17, 15) is 4.79 Å². The molecule has 0 spiro atoms. The molecule has 7 heteroatoms. The summed E-state index contributed by atoms with van der Waals surface area (Å²) in [6, 6.07) is 9.54. The van der Waals surface area contributed by atoms with E-state index >= 15 is 0 Å². The highest BCUT2D eigenvalue weighted by molar-refractivity contribution is 5.67. The molecular weight excluding hydrogens is 272 g/mol. The van der Waals surface area contributed by atoms with Gasteiger partial charge in [0.25, 0.3) is 0 Å². The number of benzene rings is 1. The van der Waals surface area contributed by atoms with Gasteiger partial charge in [-0.25, -0.2) is 4.79 Å². The molecule has 0 radical (unpaired) electrons. The van der Waals surface area contributed by atoms with Crippen LogP contribution in [0, 0.1) is 0 Å². The molecule has 0 fully saturated rings. The number of carbonyl (C=O) groups is 1. The summed E-state index contributed by atoms with van der Waals surface area (Å²) in [5.41, 5.74) is 0.949. The van der Waals surface area contributed by atoms with E-state index in [-0.39, 0.29) is 6.61 Å². The van der Waals surface area contributed by atoms with Gasteiger partial charge in [-0.3, -0.25) is 0 Å². The van der Waals surface area contributed by atoms with Crippen LogP contribution in [0.15, 0.2) is 30.3 Å². The van der Waals surface area contributed by atoms with Gasteiger partial charge >= 0.3 is 6.09 Å². The fraction of sp³-hybridized carbons (Fsp3) is 0.357. The number of rotatable bonds is 4. The monoisotopic (exact) mass is 288 g/mol. The molecule has 3 rings (SSSR count). The molecule has 1 aromatic carbocycles. The molecule has 21 heavy (non-hydrogen) atoms. The fourth-order valence-electron chi connectivity index (χ4n) is 2.11. The lowest BCUT2D eigenvalue weighted by Gasteiger charge is -2.15. The Morgan fingerprint density at radius 3 is 3.05 bits per heavy atom. The first-order valence-corrected chi connectivity index (χ1v) is 6.76. The summed E-state index contributed by atoms with van der Waals surface area (Å²) in [6.07, 6.45) is -0.469. The van der Waals surface area contributed by atoms with Gasteiger partial charge in [-0.1, -0.05) is 30.3 Å². The van der Waals surface area contributed by atoms with E-state index in [1.54, 1.807) is 0 Å². The zero-order valence-electron chi connectivity index (χ0n) is 11.5. The molecule has 1 aromatic heterocycles. The quantitative estimate of drug-likeness (QED) is 0.915. The smallest absolute Gasteiger partial charge is 0.407 e. The number of hydrogen-bond acceptors (Lipinski definition) is 5. The van der Waals surface area contributed by atoms with Gasteiger partial charge in [-0.15, -0.1) is 10.2 Å². The predicted octanol–water partition coefficient (Wildman–Crippen LogP) is 1.23. The van der Waals surface area contributed by atoms with Crippen molar-refractivity contribution in [2.45, 2.75) is 26.3 Å². The Kier molecular flexibility index (Phi) is 4.11. The van der Waals surface area contributed by atoms with E-state index in [0.29, 0.717) is 32.1 Å². The molecule has 0 saturated heterocycles. The molecule has 2 aromatic rings. The third kappa shape index (κ3) is 3.38. The Hall–Kier alpha value is -2.41. The van der Waals surface area contributed by atoms with Crippen molar-refractivity contribution in [3.05, 3.63) is 47.5 Å². The van der Waals surface area contributed by atoms with Crippen molar-refractivity contribution < 1.29 is 14.3 Å². The van der Waals surface area contributed by atoms with E-state index in [4.69, 9.17) is 9.47 Å². The molecule has 1 amide bonds. The largest absolute Gasteiger partial charge is 0.445 e. The number of hydrogen-bond donors (Lipinski definition) is 1. The number of aromatic nitrogens is 3. The van der Waals surface area contributed by atoms with Gasteiger partial charge in [-0.05, 0) is 5.56 Å². The molecule has 7 nitrogen and oxygen atoms in total. The second-order valence-electron chi connectivity index (χ2n) is 4.65. The standard InChI is InChI=1S/C14H16N4O3/c19-14(21-9-11-4-2-1-3-5-11)15-8-12-16-17-13-10-20-7-6-18(12)13/h1-5H,6-10H2,(H,15,19). The van der Waals surface area contributed by atoms with Gasteiger partial charge in [0.05, 0.1) is 13.2 Å². The van der Waals surface area contributed by atoms with Crippen LogP contribution in [0.3, 0.4) is 0 Å². The summed E-state index contributed by atoms with van der Waals surface area (Å²) in [5.74, 6) is 1.50. The molecule has 2 heterocycles. The first kappa shape index (κ1) is 13.6. The lowest BCUT2D eigenvalue weighted by atomic mass is 10.2. The van der Waals surface area contributed by atoms with Gasteiger partial charge in [0.2, 0.25) is 0 Å². The van der Waals surface area contributed by atoms with Crippen LogP contribution < -0.4 is 5.32 Å². The normalized spacial score (nSPS) is 13.5. The van der Waals surface area contributed by atoms with Gasteiger partial charge in [0.1, 0.15) is 13.2 Å². The Balaban J connectivity index is 1.49. The molecule has 1 aliphatic rings. The van der Waals surface area contributed by atoms with Crippen LogP contribution in [0.5, 0.6) is 0 Å². The van der Waals surface area contributed by atoms with E-state index in [0.717, 1.165) is 11.4 Å². The van der Waals surface area contributed by atoms with Crippen LogP contribution >= 0.6 is 0 Å². The summed E-state index contributed by atoms with van der Waals surface area (Å²) in [4.78, 5) is 11.7. The summed E-state index contributed by atoms with van der Waals surface area (Å²) in [7, 11) is 0. The number of amides is 1. The Morgan fingerprint density at radius 2 is 2.19 bits per heavy atom.